The van der Waals surface area contributed by atoms with E-state index in [1.165, 1.54) is 6.20 Å². The summed E-state index contributed by atoms with van der Waals surface area (Å²) in [5.41, 5.74) is 0.706. The highest BCUT2D eigenvalue weighted by Gasteiger charge is 2.20. The maximum absolute atomic E-state index is 10.7. The van der Waals surface area contributed by atoms with Crippen LogP contribution in [0, 0.1) is 17.0 Å². The molecule has 17 heavy (non-hydrogen) atoms. The van der Waals surface area contributed by atoms with Gasteiger partial charge in [-0.3, -0.25) is 10.1 Å². The van der Waals surface area contributed by atoms with E-state index < -0.39 is 4.92 Å². The molecule has 0 bridgehead atoms. The second-order valence-corrected chi connectivity index (χ2v) is 4.51. The van der Waals surface area contributed by atoms with Crippen molar-refractivity contribution in [2.24, 2.45) is 0 Å². The number of nitro groups is 1. The number of likely N-dealkylation sites (N-methyl/N-ethyl adjacent to an activating group) is 1. The minimum atomic E-state index is -0.407. The van der Waals surface area contributed by atoms with Crippen LogP contribution in [0.3, 0.4) is 0 Å². The van der Waals surface area contributed by atoms with E-state index in [2.05, 4.69) is 22.2 Å². The van der Waals surface area contributed by atoms with Crippen molar-refractivity contribution >= 4 is 11.5 Å². The van der Waals surface area contributed by atoms with E-state index in [9.17, 15) is 10.1 Å². The molecular formula is C11H16N4O2. The van der Waals surface area contributed by atoms with Crippen molar-refractivity contribution in [3.63, 3.8) is 0 Å². The van der Waals surface area contributed by atoms with Gasteiger partial charge < -0.3 is 10.2 Å². The highest BCUT2D eigenvalue weighted by molar-refractivity contribution is 5.47. The van der Waals surface area contributed by atoms with Crippen molar-refractivity contribution in [1.82, 2.24) is 9.88 Å². The van der Waals surface area contributed by atoms with E-state index in [4.69, 9.17) is 0 Å². The van der Waals surface area contributed by atoms with Crippen molar-refractivity contribution in [2.75, 3.05) is 25.5 Å². The van der Waals surface area contributed by atoms with Crippen LogP contribution in [0.15, 0.2) is 12.3 Å². The van der Waals surface area contributed by atoms with Crippen LogP contribution in [0.25, 0.3) is 0 Å². The summed E-state index contributed by atoms with van der Waals surface area (Å²) in [7, 11) is 2.08. The Morgan fingerprint density at radius 1 is 1.65 bits per heavy atom. The number of hydrogen-bond acceptors (Lipinski definition) is 5. The molecule has 1 aromatic heterocycles. The first-order valence-electron chi connectivity index (χ1n) is 5.62. The Hall–Kier alpha value is -1.69. The van der Waals surface area contributed by atoms with Gasteiger partial charge in [0.2, 0.25) is 0 Å². The lowest BCUT2D eigenvalue weighted by Crippen LogP contribution is -2.24. The van der Waals surface area contributed by atoms with Gasteiger partial charge in [0.1, 0.15) is 12.0 Å². The van der Waals surface area contributed by atoms with E-state index in [0.717, 1.165) is 19.5 Å². The lowest BCUT2D eigenvalue weighted by molar-refractivity contribution is -0.385. The highest BCUT2D eigenvalue weighted by Crippen LogP contribution is 2.20. The third-order valence-electron chi connectivity index (χ3n) is 3.02. The van der Waals surface area contributed by atoms with Crippen LogP contribution in [-0.2, 0) is 0 Å². The summed E-state index contributed by atoms with van der Waals surface area (Å²) in [6.45, 7) is 3.78. The molecule has 6 nitrogen and oxygen atoms in total. The molecule has 1 aromatic rings. The molecular weight excluding hydrogens is 220 g/mol. The predicted octanol–water partition coefficient (Wildman–Crippen LogP) is 1.41. The molecule has 0 radical (unpaired) electrons. The Kier molecular flexibility index (Phi) is 3.23. The molecule has 2 heterocycles. The van der Waals surface area contributed by atoms with Crippen molar-refractivity contribution in [3.05, 3.63) is 27.9 Å². The topological polar surface area (TPSA) is 71.3 Å². The molecule has 1 N–H and O–H groups in total. The maximum atomic E-state index is 10.7. The molecule has 1 saturated heterocycles. The van der Waals surface area contributed by atoms with Crippen LogP contribution < -0.4 is 5.32 Å². The average molecular weight is 236 g/mol. The minimum absolute atomic E-state index is 0.0686. The Labute approximate surface area is 99.8 Å². The van der Waals surface area contributed by atoms with Crippen molar-refractivity contribution < 1.29 is 4.92 Å². The largest absolute Gasteiger partial charge is 0.366 e. The van der Waals surface area contributed by atoms with Crippen LogP contribution in [0.4, 0.5) is 11.5 Å². The van der Waals surface area contributed by atoms with Crippen LogP contribution in [0.2, 0.25) is 0 Å². The second kappa shape index (κ2) is 4.67. The van der Waals surface area contributed by atoms with E-state index in [0.29, 0.717) is 17.4 Å². The Morgan fingerprint density at radius 3 is 2.94 bits per heavy atom. The molecule has 2 rings (SSSR count). The molecule has 92 valence electrons. The van der Waals surface area contributed by atoms with Crippen molar-refractivity contribution in [2.45, 2.75) is 19.4 Å². The molecule has 1 aliphatic rings. The van der Waals surface area contributed by atoms with E-state index in [1.807, 2.05) is 0 Å². The van der Waals surface area contributed by atoms with Gasteiger partial charge in [-0.25, -0.2) is 4.98 Å². The van der Waals surface area contributed by atoms with Gasteiger partial charge in [-0.1, -0.05) is 0 Å². The number of hydrogen-bond donors (Lipinski definition) is 1. The third-order valence-corrected chi connectivity index (χ3v) is 3.02. The predicted molar refractivity (Wildman–Crippen MR) is 65.2 cm³/mol. The van der Waals surface area contributed by atoms with Crippen LogP contribution in [0.5, 0.6) is 0 Å². The monoisotopic (exact) mass is 236 g/mol. The van der Waals surface area contributed by atoms with Crippen LogP contribution in [-0.4, -0.2) is 41.0 Å². The number of aryl methyl sites for hydroxylation is 1. The third kappa shape index (κ3) is 2.71. The Morgan fingerprint density at radius 2 is 2.41 bits per heavy atom. The quantitative estimate of drug-likeness (QED) is 0.634. The zero-order valence-corrected chi connectivity index (χ0v) is 10.0. The number of nitrogens with one attached hydrogen (secondary N) is 1. The summed E-state index contributed by atoms with van der Waals surface area (Å²) < 4.78 is 0. The van der Waals surface area contributed by atoms with Gasteiger partial charge in [0.15, 0.2) is 0 Å². The van der Waals surface area contributed by atoms with Crippen molar-refractivity contribution in [1.29, 1.82) is 0 Å². The summed E-state index contributed by atoms with van der Waals surface area (Å²) in [5, 5.41) is 14.0. The van der Waals surface area contributed by atoms with Gasteiger partial charge in [0.05, 0.1) is 4.92 Å². The molecule has 0 spiro atoms. The Balaban J connectivity index is 2.07. The molecule has 1 aliphatic heterocycles. The first kappa shape index (κ1) is 11.8. The SMILES string of the molecule is Cc1cc(NC2CCN(C)C2)ncc1[N+](=O)[O-]. The second-order valence-electron chi connectivity index (χ2n) is 4.51. The number of pyridine rings is 1. The molecule has 0 aliphatic carbocycles. The maximum Gasteiger partial charge on any atom is 0.290 e. The normalized spacial score (nSPS) is 20.5. The van der Waals surface area contributed by atoms with E-state index in [-0.39, 0.29) is 5.69 Å². The number of likely N-dealkylation sites (tertiary alicyclic amines) is 1. The zero-order valence-electron chi connectivity index (χ0n) is 10.0. The summed E-state index contributed by atoms with van der Waals surface area (Å²) >= 11 is 0. The standard InChI is InChI=1S/C11H16N4O2/c1-8-5-11(12-6-10(8)15(16)17)13-9-3-4-14(2)7-9/h5-6,9H,3-4,7H2,1-2H3,(H,12,13). The fraction of sp³-hybridized carbons (Fsp3) is 0.545. The number of rotatable bonds is 3. The lowest BCUT2D eigenvalue weighted by atomic mass is 10.2. The summed E-state index contributed by atoms with van der Waals surface area (Å²) in [4.78, 5) is 16.6. The molecule has 1 atom stereocenters. The highest BCUT2D eigenvalue weighted by atomic mass is 16.6. The molecule has 6 heteroatoms. The zero-order chi connectivity index (χ0) is 12.4. The molecule has 0 aromatic carbocycles. The fourth-order valence-electron chi connectivity index (χ4n) is 2.08. The number of nitrogens with zero attached hydrogens (tertiary/aromatic N) is 3. The first-order chi connectivity index (χ1) is 8.06. The van der Waals surface area contributed by atoms with Crippen LogP contribution in [0.1, 0.15) is 12.0 Å². The smallest absolute Gasteiger partial charge is 0.290 e. The van der Waals surface area contributed by atoms with E-state index in [1.54, 1.807) is 13.0 Å². The Bertz CT molecular complexity index is 435. The molecule has 0 saturated carbocycles. The molecule has 0 amide bonds. The average Bonchev–Trinajstić information content (AvgIpc) is 2.63. The number of aromatic nitrogens is 1. The van der Waals surface area contributed by atoms with Gasteiger partial charge in [0, 0.05) is 18.2 Å². The number of anilines is 1. The van der Waals surface area contributed by atoms with E-state index >= 15 is 0 Å². The molecule has 1 unspecified atom stereocenters. The first-order valence-corrected chi connectivity index (χ1v) is 5.62. The van der Waals surface area contributed by atoms with Gasteiger partial charge in [-0.05, 0) is 33.0 Å². The lowest BCUT2D eigenvalue weighted by Gasteiger charge is -2.13. The summed E-state index contributed by atoms with van der Waals surface area (Å²) in [6, 6.07) is 2.12. The van der Waals surface area contributed by atoms with Crippen LogP contribution >= 0.6 is 0 Å². The summed E-state index contributed by atoms with van der Waals surface area (Å²) in [6.07, 6.45) is 2.39. The van der Waals surface area contributed by atoms with Gasteiger partial charge in [0.25, 0.3) is 5.69 Å². The molecule has 1 fully saturated rings. The van der Waals surface area contributed by atoms with Gasteiger partial charge >= 0.3 is 0 Å². The van der Waals surface area contributed by atoms with Crippen molar-refractivity contribution in [3.8, 4) is 0 Å². The fourth-order valence-corrected chi connectivity index (χ4v) is 2.08. The van der Waals surface area contributed by atoms with Gasteiger partial charge in [-0.2, -0.15) is 0 Å². The van der Waals surface area contributed by atoms with Gasteiger partial charge in [-0.15, -0.1) is 0 Å². The minimum Gasteiger partial charge on any atom is -0.366 e. The summed E-state index contributed by atoms with van der Waals surface area (Å²) in [5.74, 6) is 0.716.